The van der Waals surface area contributed by atoms with Crippen LogP contribution in [0.3, 0.4) is 0 Å². The minimum absolute atomic E-state index is 0.258. The summed E-state index contributed by atoms with van der Waals surface area (Å²) in [5, 5.41) is -0.258. The standard InChI is InChI=1S/C12H21ClO2S/c13-16(14,15)12-9-5-4-8-11(12)10-6-2-1-3-7-10/h10-12H,1-9H2. The van der Waals surface area contributed by atoms with Crippen LogP contribution in [0, 0.1) is 11.8 Å². The minimum atomic E-state index is -3.35. The van der Waals surface area contributed by atoms with E-state index in [0.29, 0.717) is 11.8 Å². The van der Waals surface area contributed by atoms with Gasteiger partial charge in [0.25, 0.3) is 0 Å². The Morgan fingerprint density at radius 3 is 2.00 bits per heavy atom. The van der Waals surface area contributed by atoms with Gasteiger partial charge in [-0.05, 0) is 24.7 Å². The first-order valence-corrected chi connectivity index (χ1v) is 8.90. The van der Waals surface area contributed by atoms with E-state index in [-0.39, 0.29) is 5.25 Å². The predicted octanol–water partition coefficient (Wildman–Crippen LogP) is 3.69. The summed E-state index contributed by atoms with van der Waals surface area (Å²) in [7, 11) is 2.25. The van der Waals surface area contributed by atoms with Crippen molar-refractivity contribution in [3.8, 4) is 0 Å². The number of hydrogen-bond donors (Lipinski definition) is 0. The van der Waals surface area contributed by atoms with E-state index < -0.39 is 9.05 Å². The first kappa shape index (κ1) is 12.7. The molecule has 2 aliphatic carbocycles. The minimum Gasteiger partial charge on any atom is -0.212 e. The maximum Gasteiger partial charge on any atom is 0.235 e. The van der Waals surface area contributed by atoms with Gasteiger partial charge in [-0.25, -0.2) is 8.42 Å². The number of hydrogen-bond acceptors (Lipinski definition) is 2. The van der Waals surface area contributed by atoms with Crippen molar-refractivity contribution >= 4 is 19.7 Å². The lowest BCUT2D eigenvalue weighted by atomic mass is 9.73. The van der Waals surface area contributed by atoms with Crippen molar-refractivity contribution in [2.24, 2.45) is 11.8 Å². The highest BCUT2D eigenvalue weighted by atomic mass is 35.7. The molecule has 0 radical (unpaired) electrons. The van der Waals surface area contributed by atoms with Crippen molar-refractivity contribution in [1.29, 1.82) is 0 Å². The van der Waals surface area contributed by atoms with Gasteiger partial charge in [0.2, 0.25) is 9.05 Å². The van der Waals surface area contributed by atoms with Gasteiger partial charge >= 0.3 is 0 Å². The highest BCUT2D eigenvalue weighted by Crippen LogP contribution is 2.41. The Balaban J connectivity index is 2.09. The predicted molar refractivity (Wildman–Crippen MR) is 67.1 cm³/mol. The van der Waals surface area contributed by atoms with Crippen LogP contribution in [0.4, 0.5) is 0 Å². The van der Waals surface area contributed by atoms with Gasteiger partial charge in [-0.2, -0.15) is 0 Å². The fourth-order valence-electron chi connectivity index (χ4n) is 3.58. The molecular weight excluding hydrogens is 244 g/mol. The third-order valence-corrected chi connectivity index (χ3v) is 6.37. The smallest absolute Gasteiger partial charge is 0.212 e. The highest BCUT2D eigenvalue weighted by Gasteiger charge is 2.38. The molecule has 2 aliphatic rings. The Morgan fingerprint density at radius 1 is 0.812 bits per heavy atom. The first-order valence-electron chi connectivity index (χ1n) is 6.52. The van der Waals surface area contributed by atoms with Gasteiger partial charge in [0.15, 0.2) is 0 Å². The van der Waals surface area contributed by atoms with Crippen molar-refractivity contribution in [2.75, 3.05) is 0 Å². The van der Waals surface area contributed by atoms with Crippen LogP contribution >= 0.6 is 10.7 Å². The van der Waals surface area contributed by atoms with Crippen LogP contribution in [0.2, 0.25) is 0 Å². The molecule has 0 bridgehead atoms. The molecule has 0 aromatic heterocycles. The van der Waals surface area contributed by atoms with Crippen molar-refractivity contribution in [2.45, 2.75) is 63.0 Å². The third-order valence-electron chi connectivity index (χ3n) is 4.37. The summed E-state index contributed by atoms with van der Waals surface area (Å²) in [6, 6.07) is 0. The molecule has 0 heterocycles. The number of halogens is 1. The number of rotatable bonds is 2. The summed E-state index contributed by atoms with van der Waals surface area (Å²) in [5.41, 5.74) is 0. The molecule has 0 amide bonds. The van der Waals surface area contributed by atoms with Gasteiger partial charge in [0.1, 0.15) is 0 Å². The van der Waals surface area contributed by atoms with Crippen LogP contribution < -0.4 is 0 Å². The van der Waals surface area contributed by atoms with Crippen LogP contribution in [-0.2, 0) is 9.05 Å². The molecule has 16 heavy (non-hydrogen) atoms. The van der Waals surface area contributed by atoms with E-state index >= 15 is 0 Å². The monoisotopic (exact) mass is 264 g/mol. The molecule has 2 atom stereocenters. The molecule has 0 aliphatic heterocycles. The zero-order valence-corrected chi connectivity index (χ0v) is 11.3. The van der Waals surface area contributed by atoms with Gasteiger partial charge in [0, 0.05) is 10.7 Å². The Kier molecular flexibility index (Phi) is 4.17. The van der Waals surface area contributed by atoms with E-state index in [1.807, 2.05) is 0 Å². The summed E-state index contributed by atoms with van der Waals surface area (Å²) in [5.74, 6) is 0.962. The molecular formula is C12H21ClO2S. The van der Waals surface area contributed by atoms with Crippen LogP contribution in [0.1, 0.15) is 57.8 Å². The van der Waals surface area contributed by atoms with Crippen LogP contribution in [0.5, 0.6) is 0 Å². The van der Waals surface area contributed by atoms with Crippen molar-refractivity contribution in [3.63, 3.8) is 0 Å². The highest BCUT2D eigenvalue weighted by molar-refractivity contribution is 8.14. The second kappa shape index (κ2) is 5.26. The summed E-state index contributed by atoms with van der Waals surface area (Å²) in [6.45, 7) is 0. The second-order valence-corrected chi connectivity index (χ2v) is 8.21. The molecule has 2 rings (SSSR count). The zero-order chi connectivity index (χ0) is 11.6. The Morgan fingerprint density at radius 2 is 1.38 bits per heavy atom. The molecule has 0 aromatic carbocycles. The van der Waals surface area contributed by atoms with Gasteiger partial charge in [-0.15, -0.1) is 0 Å². The van der Waals surface area contributed by atoms with Crippen molar-refractivity contribution in [3.05, 3.63) is 0 Å². The van der Waals surface area contributed by atoms with E-state index in [4.69, 9.17) is 10.7 Å². The Hall–Kier alpha value is 0.240. The molecule has 2 nitrogen and oxygen atoms in total. The Bertz CT molecular complexity index is 320. The summed E-state index contributed by atoms with van der Waals surface area (Å²) in [4.78, 5) is 0. The van der Waals surface area contributed by atoms with Crippen LogP contribution in [-0.4, -0.2) is 13.7 Å². The third kappa shape index (κ3) is 2.92. The fraction of sp³-hybridized carbons (Fsp3) is 1.00. The molecule has 2 unspecified atom stereocenters. The summed E-state index contributed by atoms with van der Waals surface area (Å²) in [6.07, 6.45) is 10.4. The van der Waals surface area contributed by atoms with Crippen LogP contribution in [0.15, 0.2) is 0 Å². The van der Waals surface area contributed by atoms with E-state index in [1.165, 1.54) is 38.5 Å². The lowest BCUT2D eigenvalue weighted by Crippen LogP contribution is -2.36. The lowest BCUT2D eigenvalue weighted by molar-refractivity contribution is 0.199. The normalized spacial score (nSPS) is 33.8. The Labute approximate surface area is 103 Å². The van der Waals surface area contributed by atoms with E-state index in [9.17, 15) is 8.42 Å². The topological polar surface area (TPSA) is 34.1 Å². The van der Waals surface area contributed by atoms with Gasteiger partial charge in [0.05, 0.1) is 5.25 Å². The van der Waals surface area contributed by atoms with Gasteiger partial charge in [-0.3, -0.25) is 0 Å². The van der Waals surface area contributed by atoms with Crippen molar-refractivity contribution < 1.29 is 8.42 Å². The molecule has 2 saturated carbocycles. The average Bonchev–Trinajstić information content (AvgIpc) is 2.29. The zero-order valence-electron chi connectivity index (χ0n) is 9.70. The molecule has 0 saturated heterocycles. The fourth-order valence-corrected chi connectivity index (χ4v) is 5.46. The van der Waals surface area contributed by atoms with Gasteiger partial charge in [-0.1, -0.05) is 44.9 Å². The molecule has 0 spiro atoms. The second-order valence-electron chi connectivity index (χ2n) is 5.36. The quantitative estimate of drug-likeness (QED) is 0.713. The molecule has 0 aromatic rings. The van der Waals surface area contributed by atoms with Crippen LogP contribution in [0.25, 0.3) is 0 Å². The first-order chi connectivity index (χ1) is 7.59. The molecule has 4 heteroatoms. The van der Waals surface area contributed by atoms with E-state index in [0.717, 1.165) is 19.3 Å². The van der Waals surface area contributed by atoms with E-state index in [2.05, 4.69) is 0 Å². The molecule has 94 valence electrons. The van der Waals surface area contributed by atoms with Gasteiger partial charge < -0.3 is 0 Å². The van der Waals surface area contributed by atoms with E-state index in [1.54, 1.807) is 0 Å². The largest absolute Gasteiger partial charge is 0.235 e. The molecule has 2 fully saturated rings. The summed E-state index contributed by atoms with van der Waals surface area (Å²) < 4.78 is 23.2. The SMILES string of the molecule is O=S(=O)(Cl)C1CCCCC1C1CCCCC1. The maximum absolute atomic E-state index is 11.6. The maximum atomic E-state index is 11.6. The van der Waals surface area contributed by atoms with Crippen molar-refractivity contribution in [1.82, 2.24) is 0 Å². The lowest BCUT2D eigenvalue weighted by Gasteiger charge is -2.37. The molecule has 0 N–H and O–H groups in total. The summed E-state index contributed by atoms with van der Waals surface area (Å²) >= 11 is 0. The average molecular weight is 265 g/mol.